The van der Waals surface area contributed by atoms with E-state index in [2.05, 4.69) is 5.32 Å². The molecule has 0 radical (unpaired) electrons. The summed E-state index contributed by atoms with van der Waals surface area (Å²) in [5, 5.41) is 12.7. The lowest BCUT2D eigenvalue weighted by Crippen LogP contribution is -2.39. The maximum absolute atomic E-state index is 12.2. The molecule has 1 aliphatic heterocycles. The number of rotatable bonds is 3. The van der Waals surface area contributed by atoms with Gasteiger partial charge in [-0.1, -0.05) is 6.92 Å². The maximum Gasteiger partial charge on any atom is 0.225 e. The molecule has 1 saturated carbocycles. The van der Waals surface area contributed by atoms with Crippen LogP contribution in [0, 0.1) is 5.92 Å². The van der Waals surface area contributed by atoms with Crippen LogP contribution in [0.1, 0.15) is 39.0 Å². The highest BCUT2D eigenvalue weighted by atomic mass is 16.3. The van der Waals surface area contributed by atoms with Gasteiger partial charge in [-0.15, -0.1) is 0 Å². The van der Waals surface area contributed by atoms with Crippen molar-refractivity contribution in [1.29, 1.82) is 0 Å². The molecule has 0 aromatic rings. The zero-order valence-corrected chi connectivity index (χ0v) is 10.9. The lowest BCUT2D eigenvalue weighted by Gasteiger charge is -2.19. The maximum atomic E-state index is 12.2. The normalized spacial score (nSPS) is 31.7. The zero-order valence-electron chi connectivity index (χ0n) is 10.9. The molecule has 0 aromatic heterocycles. The van der Waals surface area contributed by atoms with E-state index >= 15 is 0 Å². The third kappa shape index (κ3) is 2.83. The average Bonchev–Trinajstić information content (AvgIpc) is 2.99. The number of nitrogens with one attached hydrogen (secondary N) is 1. The van der Waals surface area contributed by atoms with Crippen LogP contribution in [0.25, 0.3) is 0 Å². The smallest absolute Gasteiger partial charge is 0.225 e. The molecule has 1 aliphatic carbocycles. The summed E-state index contributed by atoms with van der Waals surface area (Å²) in [4.78, 5) is 25.4. The van der Waals surface area contributed by atoms with Crippen molar-refractivity contribution in [2.45, 2.75) is 51.2 Å². The summed E-state index contributed by atoms with van der Waals surface area (Å²) >= 11 is 0. The summed E-state index contributed by atoms with van der Waals surface area (Å²) in [6.45, 7) is 3.47. The highest BCUT2D eigenvalue weighted by Crippen LogP contribution is 2.29. The molecule has 0 unspecified atom stereocenters. The van der Waals surface area contributed by atoms with Gasteiger partial charge in [0, 0.05) is 25.4 Å². The number of amides is 2. The summed E-state index contributed by atoms with van der Waals surface area (Å²) in [6.07, 6.45) is 3.03. The van der Waals surface area contributed by atoms with Crippen LogP contribution in [-0.4, -0.2) is 47.1 Å². The number of carbonyl (C=O) groups is 2. The van der Waals surface area contributed by atoms with Crippen molar-refractivity contribution in [3.8, 4) is 0 Å². The molecule has 1 heterocycles. The molecule has 5 nitrogen and oxygen atoms in total. The van der Waals surface area contributed by atoms with Crippen molar-refractivity contribution >= 4 is 11.8 Å². The van der Waals surface area contributed by atoms with E-state index in [-0.39, 0.29) is 23.8 Å². The number of carbonyl (C=O) groups excluding carboxylic acids is 2. The molecule has 5 heteroatoms. The van der Waals surface area contributed by atoms with Gasteiger partial charge in [0.05, 0.1) is 12.1 Å². The highest BCUT2D eigenvalue weighted by molar-refractivity contribution is 5.80. The summed E-state index contributed by atoms with van der Waals surface area (Å²) in [7, 11) is 0. The van der Waals surface area contributed by atoms with Crippen LogP contribution in [0.5, 0.6) is 0 Å². The van der Waals surface area contributed by atoms with Crippen LogP contribution < -0.4 is 5.32 Å². The molecule has 2 fully saturated rings. The molecule has 102 valence electrons. The van der Waals surface area contributed by atoms with E-state index in [4.69, 9.17) is 0 Å². The molecule has 2 aliphatic rings. The Labute approximate surface area is 108 Å². The van der Waals surface area contributed by atoms with Crippen molar-refractivity contribution in [1.82, 2.24) is 10.2 Å². The van der Waals surface area contributed by atoms with E-state index in [1.54, 1.807) is 6.92 Å². The Morgan fingerprint density at radius 2 is 1.94 bits per heavy atom. The second kappa shape index (κ2) is 5.69. The van der Waals surface area contributed by atoms with Crippen LogP contribution in [0.15, 0.2) is 0 Å². The first-order valence-corrected chi connectivity index (χ1v) is 6.88. The Bertz CT molecular complexity index is 326. The Kier molecular flexibility index (Phi) is 4.22. The van der Waals surface area contributed by atoms with E-state index in [1.165, 1.54) is 0 Å². The van der Waals surface area contributed by atoms with Crippen molar-refractivity contribution in [2.75, 3.05) is 13.1 Å². The Hall–Kier alpha value is -1.10. The van der Waals surface area contributed by atoms with Crippen molar-refractivity contribution in [3.05, 3.63) is 0 Å². The van der Waals surface area contributed by atoms with Crippen LogP contribution >= 0.6 is 0 Å². The Morgan fingerprint density at radius 1 is 1.28 bits per heavy atom. The number of hydrogen-bond acceptors (Lipinski definition) is 3. The number of aliphatic hydroxyl groups excluding tert-OH is 1. The number of hydrogen-bond donors (Lipinski definition) is 2. The van der Waals surface area contributed by atoms with Crippen LogP contribution in [-0.2, 0) is 9.59 Å². The number of nitrogens with zero attached hydrogens (tertiary/aromatic N) is 1. The van der Waals surface area contributed by atoms with Gasteiger partial charge in [0.15, 0.2) is 0 Å². The van der Waals surface area contributed by atoms with Crippen molar-refractivity contribution in [3.63, 3.8) is 0 Å². The van der Waals surface area contributed by atoms with Gasteiger partial charge in [-0.25, -0.2) is 0 Å². The summed E-state index contributed by atoms with van der Waals surface area (Å²) in [6, 6.07) is -0.256. The third-order valence-electron chi connectivity index (χ3n) is 3.96. The molecule has 0 aromatic carbocycles. The molecule has 18 heavy (non-hydrogen) atoms. The monoisotopic (exact) mass is 254 g/mol. The van der Waals surface area contributed by atoms with Crippen LogP contribution in [0.2, 0.25) is 0 Å². The van der Waals surface area contributed by atoms with Gasteiger partial charge in [0.25, 0.3) is 0 Å². The fraction of sp³-hybridized carbons (Fsp3) is 0.846. The molecule has 2 N–H and O–H groups in total. The van der Waals surface area contributed by atoms with Gasteiger partial charge in [-0.2, -0.15) is 0 Å². The van der Waals surface area contributed by atoms with Gasteiger partial charge in [-0.3, -0.25) is 9.59 Å². The third-order valence-corrected chi connectivity index (χ3v) is 3.96. The minimum absolute atomic E-state index is 0.0617. The number of aliphatic hydroxyl groups is 1. The van der Waals surface area contributed by atoms with Gasteiger partial charge in [0.2, 0.25) is 11.8 Å². The SMILES string of the molecule is CCC(=O)N[C@@H]1C[C@H](C(=O)N2CCCC2)C[C@H]1O. The lowest BCUT2D eigenvalue weighted by atomic mass is 10.1. The standard InChI is InChI=1S/C13H22N2O3/c1-2-12(17)14-10-7-9(8-11(10)16)13(18)15-5-3-4-6-15/h9-11,16H,2-8H2,1H3,(H,14,17)/t9-,10+,11+/m0/s1. The largest absolute Gasteiger partial charge is 0.391 e. The average molecular weight is 254 g/mol. The van der Waals surface area contributed by atoms with Gasteiger partial charge in [0.1, 0.15) is 0 Å². The van der Waals surface area contributed by atoms with E-state index in [9.17, 15) is 14.7 Å². The molecule has 3 atom stereocenters. The quantitative estimate of drug-likeness (QED) is 0.760. The Morgan fingerprint density at radius 3 is 2.56 bits per heavy atom. The predicted octanol–water partition coefficient (Wildman–Crippen LogP) is 0.274. The topological polar surface area (TPSA) is 69.6 Å². The first-order valence-electron chi connectivity index (χ1n) is 6.88. The molecule has 2 rings (SSSR count). The lowest BCUT2D eigenvalue weighted by molar-refractivity contribution is -0.134. The van der Waals surface area contributed by atoms with Gasteiger partial charge in [-0.05, 0) is 25.7 Å². The summed E-state index contributed by atoms with van der Waals surface area (Å²) in [5.74, 6) is -0.0339. The van der Waals surface area contributed by atoms with Crippen LogP contribution in [0.4, 0.5) is 0 Å². The van der Waals surface area contributed by atoms with Crippen LogP contribution in [0.3, 0.4) is 0 Å². The molecule has 1 saturated heterocycles. The molecule has 2 amide bonds. The van der Waals surface area contributed by atoms with Gasteiger partial charge < -0.3 is 15.3 Å². The number of likely N-dealkylation sites (tertiary alicyclic amines) is 1. The van der Waals surface area contributed by atoms with E-state index < -0.39 is 6.10 Å². The van der Waals surface area contributed by atoms with Crippen molar-refractivity contribution in [2.24, 2.45) is 5.92 Å². The minimum Gasteiger partial charge on any atom is -0.391 e. The first-order chi connectivity index (χ1) is 8.61. The minimum atomic E-state index is -0.586. The second-order valence-corrected chi connectivity index (χ2v) is 5.30. The molecular formula is C13H22N2O3. The summed E-state index contributed by atoms with van der Waals surface area (Å²) < 4.78 is 0. The van der Waals surface area contributed by atoms with Crippen molar-refractivity contribution < 1.29 is 14.7 Å². The highest BCUT2D eigenvalue weighted by Gasteiger charge is 2.39. The molecule has 0 bridgehead atoms. The molecular weight excluding hydrogens is 232 g/mol. The fourth-order valence-corrected chi connectivity index (χ4v) is 2.88. The first kappa shape index (κ1) is 13.3. The van der Waals surface area contributed by atoms with E-state index in [1.807, 2.05) is 4.90 Å². The zero-order chi connectivity index (χ0) is 13.1. The summed E-state index contributed by atoms with van der Waals surface area (Å²) in [5.41, 5.74) is 0. The predicted molar refractivity (Wildman–Crippen MR) is 66.8 cm³/mol. The van der Waals surface area contributed by atoms with Gasteiger partial charge >= 0.3 is 0 Å². The second-order valence-electron chi connectivity index (χ2n) is 5.30. The van der Waals surface area contributed by atoms with E-state index in [0.717, 1.165) is 25.9 Å². The van der Waals surface area contributed by atoms with E-state index in [0.29, 0.717) is 19.3 Å². The fourth-order valence-electron chi connectivity index (χ4n) is 2.88. The Balaban J connectivity index is 1.89. The molecule has 0 spiro atoms.